The molecule has 2 N–H and O–H groups in total. The molecule has 1 aromatic carbocycles. The summed E-state index contributed by atoms with van der Waals surface area (Å²) in [5, 5.41) is 9.69. The van der Waals surface area contributed by atoms with Gasteiger partial charge >= 0.3 is 0 Å². The lowest BCUT2D eigenvalue weighted by atomic mass is 10.1. The van der Waals surface area contributed by atoms with Crippen molar-refractivity contribution in [2.75, 3.05) is 10.6 Å². The quantitative estimate of drug-likeness (QED) is 0.885. The first-order valence-corrected chi connectivity index (χ1v) is 6.69. The number of nitrogens with zero attached hydrogens (tertiary/aromatic N) is 3. The molecule has 0 aliphatic carbocycles. The molecule has 21 heavy (non-hydrogen) atoms. The number of amides is 2. The molecule has 7 nitrogen and oxygen atoms in total. The van der Waals surface area contributed by atoms with Gasteiger partial charge in [0.1, 0.15) is 12.4 Å². The van der Waals surface area contributed by atoms with Crippen molar-refractivity contribution in [3.8, 4) is 0 Å². The van der Waals surface area contributed by atoms with Gasteiger partial charge in [0, 0.05) is 0 Å². The molecule has 0 bridgehead atoms. The third-order valence-electron chi connectivity index (χ3n) is 3.18. The van der Waals surface area contributed by atoms with Crippen molar-refractivity contribution < 1.29 is 9.59 Å². The van der Waals surface area contributed by atoms with Gasteiger partial charge in [-0.1, -0.05) is 17.7 Å². The van der Waals surface area contributed by atoms with Crippen molar-refractivity contribution in [1.82, 2.24) is 14.8 Å². The van der Waals surface area contributed by atoms with Gasteiger partial charge in [0.05, 0.1) is 17.1 Å². The molecular weight excluding hydrogens is 294 g/mol. The van der Waals surface area contributed by atoms with Crippen LogP contribution in [-0.2, 0) is 9.59 Å². The smallest absolute Gasteiger partial charge is 0.249 e. The SMILES string of the molecule is Cc1ccc(NC(=O)[C@@H]2CC(=O)Nc3ncnn32)c(Cl)c1. The molecule has 1 atom stereocenters. The van der Waals surface area contributed by atoms with Crippen LogP contribution in [0.5, 0.6) is 0 Å². The van der Waals surface area contributed by atoms with E-state index in [-0.39, 0.29) is 24.2 Å². The van der Waals surface area contributed by atoms with Crippen molar-refractivity contribution >= 4 is 35.1 Å². The number of halogens is 1. The first kappa shape index (κ1) is 13.6. The lowest BCUT2D eigenvalue weighted by molar-refractivity contribution is -0.125. The maximum absolute atomic E-state index is 12.4. The standard InChI is InChI=1S/C13H12ClN5O2/c1-7-2-3-9(8(14)4-7)17-12(21)10-5-11(20)18-13-15-6-16-19(10)13/h2-4,6,10H,5H2,1H3,(H,17,21)(H,15,16,18,20)/t10-/m0/s1. The van der Waals surface area contributed by atoms with E-state index in [2.05, 4.69) is 20.7 Å². The lowest BCUT2D eigenvalue weighted by Gasteiger charge is -2.22. The normalized spacial score (nSPS) is 17.0. The van der Waals surface area contributed by atoms with Crippen LogP contribution in [0.25, 0.3) is 0 Å². The number of rotatable bonds is 2. The van der Waals surface area contributed by atoms with E-state index >= 15 is 0 Å². The van der Waals surface area contributed by atoms with Gasteiger partial charge < -0.3 is 5.32 Å². The van der Waals surface area contributed by atoms with E-state index in [1.54, 1.807) is 12.1 Å². The zero-order valence-corrected chi connectivity index (χ0v) is 11.9. The number of anilines is 2. The molecule has 2 heterocycles. The summed E-state index contributed by atoms with van der Waals surface area (Å²) in [7, 11) is 0. The highest BCUT2D eigenvalue weighted by Gasteiger charge is 2.32. The number of hydrogen-bond acceptors (Lipinski definition) is 4. The van der Waals surface area contributed by atoms with E-state index < -0.39 is 6.04 Å². The highest BCUT2D eigenvalue weighted by Crippen LogP contribution is 2.26. The second kappa shape index (κ2) is 5.17. The minimum absolute atomic E-state index is 0.00563. The molecule has 0 saturated carbocycles. The molecule has 0 radical (unpaired) electrons. The summed E-state index contributed by atoms with van der Waals surface area (Å²) in [5.74, 6) is -0.366. The van der Waals surface area contributed by atoms with E-state index in [0.29, 0.717) is 10.7 Å². The van der Waals surface area contributed by atoms with E-state index in [4.69, 9.17) is 11.6 Å². The number of aromatic nitrogens is 3. The van der Waals surface area contributed by atoms with Crippen LogP contribution < -0.4 is 10.6 Å². The van der Waals surface area contributed by atoms with E-state index in [1.807, 2.05) is 13.0 Å². The van der Waals surface area contributed by atoms with Crippen LogP contribution in [0.2, 0.25) is 5.02 Å². The first-order valence-electron chi connectivity index (χ1n) is 6.31. The fourth-order valence-corrected chi connectivity index (χ4v) is 2.43. The van der Waals surface area contributed by atoms with Gasteiger partial charge in [-0.3, -0.25) is 14.9 Å². The molecule has 2 aromatic rings. The van der Waals surface area contributed by atoms with Crippen LogP contribution in [0.3, 0.4) is 0 Å². The Hall–Kier alpha value is -2.41. The van der Waals surface area contributed by atoms with Crippen LogP contribution in [0.4, 0.5) is 11.6 Å². The largest absolute Gasteiger partial charge is 0.323 e. The second-order valence-corrected chi connectivity index (χ2v) is 5.18. The molecule has 0 fully saturated rings. The average Bonchev–Trinajstić information content (AvgIpc) is 2.88. The number of hydrogen-bond donors (Lipinski definition) is 2. The summed E-state index contributed by atoms with van der Waals surface area (Å²) in [4.78, 5) is 27.9. The lowest BCUT2D eigenvalue weighted by Crippen LogP contribution is -2.36. The Morgan fingerprint density at radius 3 is 3.10 bits per heavy atom. The molecular formula is C13H12ClN5O2. The molecule has 0 spiro atoms. The van der Waals surface area contributed by atoms with Gasteiger partial charge in [0.2, 0.25) is 17.8 Å². The first-order chi connectivity index (χ1) is 10.0. The van der Waals surface area contributed by atoms with Crippen LogP contribution >= 0.6 is 11.6 Å². The number of aryl methyl sites for hydroxylation is 1. The van der Waals surface area contributed by atoms with Crippen LogP contribution in [0.15, 0.2) is 24.5 Å². The van der Waals surface area contributed by atoms with Gasteiger partial charge in [0.15, 0.2) is 0 Å². The van der Waals surface area contributed by atoms with Crippen molar-refractivity contribution in [2.24, 2.45) is 0 Å². The Morgan fingerprint density at radius 1 is 1.52 bits per heavy atom. The predicted octanol–water partition coefficient (Wildman–Crippen LogP) is 1.76. The summed E-state index contributed by atoms with van der Waals surface area (Å²) in [5.41, 5.74) is 1.49. The summed E-state index contributed by atoms with van der Waals surface area (Å²) in [6.07, 6.45) is 1.30. The number of fused-ring (bicyclic) bond motifs is 1. The summed E-state index contributed by atoms with van der Waals surface area (Å²) < 4.78 is 1.39. The fourth-order valence-electron chi connectivity index (χ4n) is 2.15. The molecule has 3 rings (SSSR count). The summed E-state index contributed by atoms with van der Waals surface area (Å²) in [6.45, 7) is 1.91. The van der Waals surface area contributed by atoms with Crippen LogP contribution in [-0.4, -0.2) is 26.6 Å². The maximum atomic E-state index is 12.4. The second-order valence-electron chi connectivity index (χ2n) is 4.77. The average molecular weight is 306 g/mol. The van der Waals surface area contributed by atoms with Gasteiger partial charge in [0.25, 0.3) is 0 Å². The minimum atomic E-state index is -0.742. The van der Waals surface area contributed by atoms with Gasteiger partial charge in [-0.05, 0) is 24.6 Å². The Kier molecular flexibility index (Phi) is 3.34. The molecule has 108 valence electrons. The fraction of sp³-hybridized carbons (Fsp3) is 0.231. The number of benzene rings is 1. The van der Waals surface area contributed by atoms with Gasteiger partial charge in [-0.15, -0.1) is 0 Å². The Morgan fingerprint density at radius 2 is 2.33 bits per heavy atom. The van der Waals surface area contributed by atoms with Gasteiger partial charge in [-0.2, -0.15) is 10.1 Å². The zero-order valence-electron chi connectivity index (χ0n) is 11.1. The molecule has 1 aliphatic rings. The van der Waals surface area contributed by atoms with E-state index in [9.17, 15) is 9.59 Å². The maximum Gasteiger partial charge on any atom is 0.249 e. The predicted molar refractivity (Wildman–Crippen MR) is 77.1 cm³/mol. The third-order valence-corrected chi connectivity index (χ3v) is 3.50. The van der Waals surface area contributed by atoms with Crippen molar-refractivity contribution in [3.05, 3.63) is 35.1 Å². The molecule has 8 heteroatoms. The molecule has 0 unspecified atom stereocenters. The van der Waals surface area contributed by atoms with E-state index in [1.165, 1.54) is 11.0 Å². The Labute approximate surface area is 125 Å². The monoisotopic (exact) mass is 305 g/mol. The summed E-state index contributed by atoms with van der Waals surface area (Å²) >= 11 is 6.09. The zero-order chi connectivity index (χ0) is 15.0. The third kappa shape index (κ3) is 2.59. The molecule has 1 aliphatic heterocycles. The van der Waals surface area contributed by atoms with Crippen molar-refractivity contribution in [2.45, 2.75) is 19.4 Å². The molecule has 2 amide bonds. The molecule has 0 saturated heterocycles. The van der Waals surface area contributed by atoms with Gasteiger partial charge in [-0.25, -0.2) is 4.68 Å². The summed E-state index contributed by atoms with van der Waals surface area (Å²) in [6, 6.07) is 4.58. The topological polar surface area (TPSA) is 88.9 Å². The number of nitrogens with one attached hydrogen (secondary N) is 2. The van der Waals surface area contributed by atoms with Crippen LogP contribution in [0, 0.1) is 6.92 Å². The number of carbonyl (C=O) groups excluding carboxylic acids is 2. The Balaban J connectivity index is 1.85. The highest BCUT2D eigenvalue weighted by atomic mass is 35.5. The van der Waals surface area contributed by atoms with Crippen molar-refractivity contribution in [1.29, 1.82) is 0 Å². The Bertz CT molecular complexity index is 727. The van der Waals surface area contributed by atoms with Crippen molar-refractivity contribution in [3.63, 3.8) is 0 Å². The van der Waals surface area contributed by atoms with Crippen LogP contribution in [0.1, 0.15) is 18.0 Å². The minimum Gasteiger partial charge on any atom is -0.323 e. The molecule has 1 aromatic heterocycles. The van der Waals surface area contributed by atoms with E-state index in [0.717, 1.165) is 5.56 Å². The highest BCUT2D eigenvalue weighted by molar-refractivity contribution is 6.33. The number of carbonyl (C=O) groups is 2.